The lowest BCUT2D eigenvalue weighted by molar-refractivity contribution is -0.144. The fourth-order valence-corrected chi connectivity index (χ4v) is 2.58. The van der Waals surface area contributed by atoms with Gasteiger partial charge in [-0.1, -0.05) is 0 Å². The molecule has 1 saturated carbocycles. The molecule has 0 aromatic rings. The van der Waals surface area contributed by atoms with Crippen molar-refractivity contribution in [2.45, 2.75) is 37.4 Å². The van der Waals surface area contributed by atoms with E-state index >= 15 is 0 Å². The summed E-state index contributed by atoms with van der Waals surface area (Å²) in [4.78, 5) is 13.9. The molecule has 0 bridgehead atoms. The van der Waals surface area contributed by atoms with Gasteiger partial charge < -0.3 is 19.7 Å². The van der Waals surface area contributed by atoms with Gasteiger partial charge in [-0.3, -0.25) is 4.79 Å². The second-order valence-electron chi connectivity index (χ2n) is 5.39. The van der Waals surface area contributed by atoms with Gasteiger partial charge in [-0.25, -0.2) is 0 Å². The molecule has 1 unspecified atom stereocenters. The second-order valence-corrected chi connectivity index (χ2v) is 5.39. The molecule has 0 aromatic carbocycles. The SMILES string of the molecule is COC1(CC(=O)N(C)CC2CNCCO2)CCC1. The van der Waals surface area contributed by atoms with Crippen molar-refractivity contribution in [2.24, 2.45) is 0 Å². The van der Waals surface area contributed by atoms with Crippen molar-refractivity contribution in [3.8, 4) is 0 Å². The minimum absolute atomic E-state index is 0.118. The summed E-state index contributed by atoms with van der Waals surface area (Å²) in [6.45, 7) is 3.12. The Morgan fingerprint density at radius 1 is 1.56 bits per heavy atom. The van der Waals surface area contributed by atoms with Crippen LogP contribution in [0.3, 0.4) is 0 Å². The largest absolute Gasteiger partial charge is 0.378 e. The smallest absolute Gasteiger partial charge is 0.225 e. The van der Waals surface area contributed by atoms with Gasteiger partial charge in [0.15, 0.2) is 0 Å². The van der Waals surface area contributed by atoms with Gasteiger partial charge in [0.2, 0.25) is 5.91 Å². The van der Waals surface area contributed by atoms with Gasteiger partial charge in [-0.15, -0.1) is 0 Å². The molecular formula is C13H24N2O3. The molecule has 1 aliphatic carbocycles. The topological polar surface area (TPSA) is 50.8 Å². The Labute approximate surface area is 109 Å². The average Bonchev–Trinajstić information content (AvgIpc) is 2.34. The highest BCUT2D eigenvalue weighted by atomic mass is 16.5. The molecule has 0 aromatic heterocycles. The van der Waals surface area contributed by atoms with E-state index in [1.165, 1.54) is 6.42 Å². The van der Waals surface area contributed by atoms with Crippen LogP contribution in [0, 0.1) is 0 Å². The third-order valence-electron chi connectivity index (χ3n) is 4.08. The molecule has 1 heterocycles. The zero-order valence-corrected chi connectivity index (χ0v) is 11.4. The minimum Gasteiger partial charge on any atom is -0.378 e. The quantitative estimate of drug-likeness (QED) is 0.773. The van der Waals surface area contributed by atoms with E-state index in [1.807, 2.05) is 7.05 Å². The van der Waals surface area contributed by atoms with Crippen LogP contribution in [0.25, 0.3) is 0 Å². The van der Waals surface area contributed by atoms with Crippen molar-refractivity contribution < 1.29 is 14.3 Å². The number of hydrogen-bond donors (Lipinski definition) is 1. The summed E-state index contributed by atoms with van der Waals surface area (Å²) in [5.41, 5.74) is -0.184. The molecule has 1 saturated heterocycles. The lowest BCUT2D eigenvalue weighted by atomic mass is 9.77. The molecule has 1 N–H and O–H groups in total. The number of morpholine rings is 1. The van der Waals surface area contributed by atoms with Crippen molar-refractivity contribution in [3.63, 3.8) is 0 Å². The number of methoxy groups -OCH3 is 1. The first-order valence-electron chi connectivity index (χ1n) is 6.77. The average molecular weight is 256 g/mol. The highest BCUT2D eigenvalue weighted by Crippen LogP contribution is 2.38. The molecule has 2 rings (SSSR count). The molecule has 104 valence electrons. The summed E-state index contributed by atoms with van der Waals surface area (Å²) in [5.74, 6) is 0.158. The molecule has 0 radical (unpaired) electrons. The van der Waals surface area contributed by atoms with E-state index < -0.39 is 0 Å². The van der Waals surface area contributed by atoms with Crippen LogP contribution in [0.5, 0.6) is 0 Å². The minimum atomic E-state index is -0.184. The van der Waals surface area contributed by atoms with Crippen LogP contribution in [-0.2, 0) is 14.3 Å². The Morgan fingerprint density at radius 2 is 2.33 bits per heavy atom. The van der Waals surface area contributed by atoms with Crippen LogP contribution < -0.4 is 5.32 Å². The summed E-state index contributed by atoms with van der Waals surface area (Å²) in [5, 5.41) is 3.27. The van der Waals surface area contributed by atoms with Crippen molar-refractivity contribution >= 4 is 5.91 Å². The lowest BCUT2D eigenvalue weighted by Crippen LogP contribution is -2.48. The third-order valence-corrected chi connectivity index (χ3v) is 4.08. The Morgan fingerprint density at radius 3 is 2.83 bits per heavy atom. The van der Waals surface area contributed by atoms with Crippen LogP contribution in [0.2, 0.25) is 0 Å². The number of amides is 1. The molecule has 0 spiro atoms. The Bertz CT molecular complexity index is 280. The van der Waals surface area contributed by atoms with Crippen molar-refractivity contribution in [1.82, 2.24) is 10.2 Å². The number of nitrogens with one attached hydrogen (secondary N) is 1. The highest BCUT2D eigenvalue weighted by Gasteiger charge is 2.39. The van der Waals surface area contributed by atoms with Crippen LogP contribution in [-0.4, -0.2) is 62.9 Å². The summed E-state index contributed by atoms with van der Waals surface area (Å²) in [6, 6.07) is 0. The fourth-order valence-electron chi connectivity index (χ4n) is 2.58. The lowest BCUT2D eigenvalue weighted by Gasteiger charge is -2.41. The number of likely N-dealkylation sites (N-methyl/N-ethyl adjacent to an activating group) is 1. The molecule has 1 aliphatic heterocycles. The van der Waals surface area contributed by atoms with E-state index in [2.05, 4.69) is 5.32 Å². The van der Waals surface area contributed by atoms with Crippen LogP contribution in [0.15, 0.2) is 0 Å². The van der Waals surface area contributed by atoms with Crippen molar-refractivity contribution in [1.29, 1.82) is 0 Å². The van der Waals surface area contributed by atoms with Gasteiger partial charge in [0.25, 0.3) is 0 Å². The first kappa shape index (κ1) is 13.8. The van der Waals surface area contributed by atoms with Gasteiger partial charge in [0, 0.05) is 33.8 Å². The van der Waals surface area contributed by atoms with E-state index in [9.17, 15) is 4.79 Å². The molecule has 5 heteroatoms. The maximum atomic E-state index is 12.2. The Balaban J connectivity index is 1.77. The highest BCUT2D eigenvalue weighted by molar-refractivity contribution is 5.77. The zero-order chi connectivity index (χ0) is 13.0. The van der Waals surface area contributed by atoms with Crippen molar-refractivity contribution in [3.05, 3.63) is 0 Å². The number of carbonyl (C=O) groups is 1. The molecule has 1 atom stereocenters. The number of ether oxygens (including phenoxy) is 2. The maximum Gasteiger partial charge on any atom is 0.225 e. The van der Waals surface area contributed by atoms with Crippen LogP contribution in [0.1, 0.15) is 25.7 Å². The number of carbonyl (C=O) groups excluding carboxylic acids is 1. The van der Waals surface area contributed by atoms with Gasteiger partial charge >= 0.3 is 0 Å². The first-order valence-corrected chi connectivity index (χ1v) is 6.77. The van der Waals surface area contributed by atoms with Crippen LogP contribution in [0.4, 0.5) is 0 Å². The van der Waals surface area contributed by atoms with Gasteiger partial charge in [-0.05, 0) is 19.3 Å². The van der Waals surface area contributed by atoms with E-state index in [0.717, 1.165) is 32.5 Å². The number of nitrogens with zero attached hydrogens (tertiary/aromatic N) is 1. The molecule has 2 aliphatic rings. The fraction of sp³-hybridized carbons (Fsp3) is 0.923. The number of hydrogen-bond acceptors (Lipinski definition) is 4. The predicted octanol–water partition coefficient (Wildman–Crippen LogP) is 0.392. The third kappa shape index (κ3) is 3.22. The molecule has 1 amide bonds. The van der Waals surface area contributed by atoms with E-state index in [0.29, 0.717) is 13.0 Å². The summed E-state index contributed by atoms with van der Waals surface area (Å²) >= 11 is 0. The second kappa shape index (κ2) is 5.99. The zero-order valence-electron chi connectivity index (χ0n) is 11.4. The molecular weight excluding hydrogens is 232 g/mol. The number of rotatable bonds is 5. The standard InChI is InChI=1S/C13H24N2O3/c1-15(10-11-9-14-6-7-18-11)12(16)8-13(17-2)4-3-5-13/h11,14H,3-10H2,1-2H3. The van der Waals surface area contributed by atoms with Crippen LogP contribution >= 0.6 is 0 Å². The van der Waals surface area contributed by atoms with E-state index in [1.54, 1.807) is 12.0 Å². The Hall–Kier alpha value is -0.650. The first-order chi connectivity index (χ1) is 8.65. The van der Waals surface area contributed by atoms with E-state index in [4.69, 9.17) is 9.47 Å². The Kier molecular flexibility index (Phi) is 4.59. The van der Waals surface area contributed by atoms with Gasteiger partial charge in [0.05, 0.1) is 24.7 Å². The van der Waals surface area contributed by atoms with Crippen molar-refractivity contribution in [2.75, 3.05) is 40.4 Å². The summed E-state index contributed by atoms with van der Waals surface area (Å²) in [6.07, 6.45) is 3.79. The normalized spacial score (nSPS) is 26.4. The maximum absolute atomic E-state index is 12.2. The monoisotopic (exact) mass is 256 g/mol. The van der Waals surface area contributed by atoms with E-state index in [-0.39, 0.29) is 17.6 Å². The summed E-state index contributed by atoms with van der Waals surface area (Å²) < 4.78 is 11.1. The predicted molar refractivity (Wildman–Crippen MR) is 68.5 cm³/mol. The molecule has 2 fully saturated rings. The van der Waals surface area contributed by atoms with Gasteiger partial charge in [0.1, 0.15) is 0 Å². The van der Waals surface area contributed by atoms with Gasteiger partial charge in [-0.2, -0.15) is 0 Å². The molecule has 5 nitrogen and oxygen atoms in total. The summed E-state index contributed by atoms with van der Waals surface area (Å²) in [7, 11) is 3.56. The molecule has 18 heavy (non-hydrogen) atoms.